The lowest BCUT2D eigenvalue weighted by Gasteiger charge is -2.44. The molecule has 1 saturated carbocycles. The van der Waals surface area contributed by atoms with Gasteiger partial charge >= 0.3 is 0 Å². The summed E-state index contributed by atoms with van der Waals surface area (Å²) in [5.74, 6) is 0.954. The molecule has 0 radical (unpaired) electrons. The van der Waals surface area contributed by atoms with Gasteiger partial charge in [0.25, 0.3) is 0 Å². The predicted octanol–water partition coefficient (Wildman–Crippen LogP) is 3.09. The molecule has 0 amide bonds. The average molecular weight is 246 g/mol. The van der Waals surface area contributed by atoms with Crippen molar-refractivity contribution in [2.75, 3.05) is 24.2 Å². The van der Waals surface area contributed by atoms with Crippen molar-refractivity contribution in [2.24, 2.45) is 5.41 Å². The van der Waals surface area contributed by atoms with E-state index < -0.39 is 0 Å². The summed E-state index contributed by atoms with van der Waals surface area (Å²) >= 11 is 4.48. The van der Waals surface area contributed by atoms with Gasteiger partial charge in [0.2, 0.25) is 0 Å². The number of anilines is 1. The first-order chi connectivity index (χ1) is 8.19. The SMILES string of the molecule is CN(CC1(CS)CCC1)c1cccc(C#N)c1. The zero-order valence-corrected chi connectivity index (χ0v) is 11.1. The first-order valence-electron chi connectivity index (χ1n) is 6.01. The third-order valence-electron chi connectivity index (χ3n) is 3.74. The van der Waals surface area contributed by atoms with Crippen LogP contribution < -0.4 is 4.90 Å². The smallest absolute Gasteiger partial charge is 0.0992 e. The minimum atomic E-state index is 0.389. The average Bonchev–Trinajstić information content (AvgIpc) is 2.33. The number of hydrogen-bond acceptors (Lipinski definition) is 3. The second-order valence-electron chi connectivity index (χ2n) is 5.03. The van der Waals surface area contributed by atoms with E-state index in [0.717, 1.165) is 23.5 Å². The van der Waals surface area contributed by atoms with Gasteiger partial charge in [-0.25, -0.2) is 0 Å². The molecule has 90 valence electrons. The number of rotatable bonds is 4. The van der Waals surface area contributed by atoms with Crippen LogP contribution in [-0.2, 0) is 0 Å². The Bertz CT molecular complexity index is 427. The molecule has 2 rings (SSSR count). The summed E-state index contributed by atoms with van der Waals surface area (Å²) in [5, 5.41) is 8.90. The van der Waals surface area contributed by atoms with Gasteiger partial charge in [-0.3, -0.25) is 0 Å². The van der Waals surface area contributed by atoms with Crippen molar-refractivity contribution in [1.82, 2.24) is 0 Å². The summed E-state index contributed by atoms with van der Waals surface area (Å²) in [6.45, 7) is 1.03. The van der Waals surface area contributed by atoms with Crippen molar-refractivity contribution in [3.63, 3.8) is 0 Å². The Hall–Kier alpha value is -1.14. The highest BCUT2D eigenvalue weighted by Gasteiger charge is 2.36. The van der Waals surface area contributed by atoms with Gasteiger partial charge in [0, 0.05) is 19.3 Å². The number of nitriles is 1. The number of thiol groups is 1. The van der Waals surface area contributed by atoms with Crippen LogP contribution in [0.5, 0.6) is 0 Å². The van der Waals surface area contributed by atoms with Gasteiger partial charge in [0.05, 0.1) is 11.6 Å². The lowest BCUT2D eigenvalue weighted by Crippen LogP contribution is -2.42. The molecule has 0 N–H and O–H groups in total. The van der Waals surface area contributed by atoms with Gasteiger partial charge in [-0.05, 0) is 42.2 Å². The van der Waals surface area contributed by atoms with E-state index >= 15 is 0 Å². The second-order valence-corrected chi connectivity index (χ2v) is 5.35. The highest BCUT2D eigenvalue weighted by Crippen LogP contribution is 2.42. The van der Waals surface area contributed by atoms with Crippen LogP contribution in [-0.4, -0.2) is 19.3 Å². The van der Waals surface area contributed by atoms with E-state index in [9.17, 15) is 0 Å². The molecule has 1 aromatic carbocycles. The van der Waals surface area contributed by atoms with Crippen LogP contribution in [0.4, 0.5) is 5.69 Å². The minimum Gasteiger partial charge on any atom is -0.374 e. The first kappa shape index (κ1) is 12.3. The van der Waals surface area contributed by atoms with Gasteiger partial charge < -0.3 is 4.90 Å². The summed E-state index contributed by atoms with van der Waals surface area (Å²) in [6.07, 6.45) is 3.88. The molecule has 0 unspecified atom stereocenters. The molecule has 0 heterocycles. The third-order valence-corrected chi connectivity index (χ3v) is 4.41. The molecule has 0 saturated heterocycles. The minimum absolute atomic E-state index is 0.389. The summed E-state index contributed by atoms with van der Waals surface area (Å²) in [7, 11) is 2.10. The summed E-state index contributed by atoms with van der Waals surface area (Å²) in [4.78, 5) is 2.25. The number of nitrogens with zero attached hydrogens (tertiary/aromatic N) is 2. The molecular weight excluding hydrogens is 228 g/mol. The van der Waals surface area contributed by atoms with E-state index in [-0.39, 0.29) is 0 Å². The fraction of sp³-hybridized carbons (Fsp3) is 0.500. The predicted molar refractivity (Wildman–Crippen MR) is 74.6 cm³/mol. The Morgan fingerprint density at radius 3 is 2.76 bits per heavy atom. The molecule has 3 heteroatoms. The van der Waals surface area contributed by atoms with Crippen LogP contribution in [0.1, 0.15) is 24.8 Å². The van der Waals surface area contributed by atoms with Gasteiger partial charge in [-0.15, -0.1) is 0 Å². The van der Waals surface area contributed by atoms with Gasteiger partial charge in [-0.1, -0.05) is 12.5 Å². The highest BCUT2D eigenvalue weighted by atomic mass is 32.1. The van der Waals surface area contributed by atoms with Crippen molar-refractivity contribution in [3.8, 4) is 6.07 Å². The van der Waals surface area contributed by atoms with E-state index in [4.69, 9.17) is 5.26 Å². The normalized spacial score (nSPS) is 17.0. The maximum Gasteiger partial charge on any atom is 0.0992 e. The van der Waals surface area contributed by atoms with E-state index in [1.54, 1.807) is 0 Å². The Kier molecular flexibility index (Phi) is 3.63. The molecule has 0 bridgehead atoms. The summed E-state index contributed by atoms with van der Waals surface area (Å²) in [5.41, 5.74) is 2.24. The lowest BCUT2D eigenvalue weighted by atomic mass is 9.70. The molecule has 2 nitrogen and oxygen atoms in total. The van der Waals surface area contributed by atoms with E-state index in [0.29, 0.717) is 5.41 Å². The van der Waals surface area contributed by atoms with Gasteiger partial charge in [-0.2, -0.15) is 17.9 Å². The Balaban J connectivity index is 2.09. The van der Waals surface area contributed by atoms with Crippen molar-refractivity contribution in [2.45, 2.75) is 19.3 Å². The quantitative estimate of drug-likeness (QED) is 0.827. The monoisotopic (exact) mass is 246 g/mol. The van der Waals surface area contributed by atoms with Crippen molar-refractivity contribution in [3.05, 3.63) is 29.8 Å². The van der Waals surface area contributed by atoms with E-state index in [1.807, 2.05) is 18.2 Å². The fourth-order valence-corrected chi connectivity index (χ4v) is 2.87. The van der Waals surface area contributed by atoms with Gasteiger partial charge in [0.15, 0.2) is 0 Å². The largest absolute Gasteiger partial charge is 0.374 e. The van der Waals surface area contributed by atoms with Gasteiger partial charge in [0.1, 0.15) is 0 Å². The molecule has 0 aliphatic heterocycles. The van der Waals surface area contributed by atoms with Crippen molar-refractivity contribution < 1.29 is 0 Å². The zero-order valence-electron chi connectivity index (χ0n) is 10.2. The number of hydrogen-bond donors (Lipinski definition) is 1. The fourth-order valence-electron chi connectivity index (χ4n) is 2.45. The molecule has 0 atom stereocenters. The maximum absolute atomic E-state index is 8.90. The molecule has 1 aromatic rings. The topological polar surface area (TPSA) is 27.0 Å². The lowest BCUT2D eigenvalue weighted by molar-refractivity contribution is 0.178. The number of benzene rings is 1. The Morgan fingerprint density at radius 2 is 2.24 bits per heavy atom. The van der Waals surface area contributed by atoms with Crippen molar-refractivity contribution in [1.29, 1.82) is 5.26 Å². The van der Waals surface area contributed by atoms with E-state index in [1.165, 1.54) is 19.3 Å². The Morgan fingerprint density at radius 1 is 1.47 bits per heavy atom. The molecule has 1 aliphatic rings. The molecular formula is C14H18N2S. The van der Waals surface area contributed by atoms with Crippen molar-refractivity contribution >= 4 is 18.3 Å². The zero-order chi connectivity index (χ0) is 12.3. The standard InChI is InChI=1S/C14H18N2S/c1-16(10-14(11-17)6-3-7-14)13-5-2-4-12(8-13)9-15/h2,4-5,8,17H,3,6-7,10-11H2,1H3. The van der Waals surface area contributed by atoms with Crippen LogP contribution in [0.15, 0.2) is 24.3 Å². The molecule has 0 aromatic heterocycles. The van der Waals surface area contributed by atoms with Crippen LogP contribution in [0, 0.1) is 16.7 Å². The molecule has 17 heavy (non-hydrogen) atoms. The third kappa shape index (κ3) is 2.58. The summed E-state index contributed by atoms with van der Waals surface area (Å²) in [6, 6.07) is 9.98. The molecule has 1 aliphatic carbocycles. The first-order valence-corrected chi connectivity index (χ1v) is 6.64. The van der Waals surface area contributed by atoms with Crippen LogP contribution in [0.3, 0.4) is 0 Å². The molecule has 0 spiro atoms. The maximum atomic E-state index is 8.90. The second kappa shape index (κ2) is 5.01. The Labute approximate surface area is 109 Å². The summed E-state index contributed by atoms with van der Waals surface area (Å²) < 4.78 is 0. The van der Waals surface area contributed by atoms with Crippen LogP contribution >= 0.6 is 12.6 Å². The van der Waals surface area contributed by atoms with Crippen LogP contribution in [0.25, 0.3) is 0 Å². The van der Waals surface area contributed by atoms with Crippen LogP contribution in [0.2, 0.25) is 0 Å². The van der Waals surface area contributed by atoms with E-state index in [2.05, 4.69) is 36.7 Å². The highest BCUT2D eigenvalue weighted by molar-refractivity contribution is 7.80. The molecule has 1 fully saturated rings.